The lowest BCUT2D eigenvalue weighted by atomic mass is 10.6. The Morgan fingerprint density at radius 3 is 2.55 bits per heavy atom. The zero-order valence-corrected chi connectivity index (χ0v) is 6.80. The second-order valence-corrected chi connectivity index (χ2v) is 2.75. The normalized spacial score (nSPS) is 17.7. The molecule has 0 atom stereocenters. The Hall–Kier alpha value is -1.12. The smallest absolute Gasteiger partial charge is 0.221 e. The van der Waals surface area contributed by atoms with Crippen LogP contribution in [0, 0.1) is 0 Å². The molecular weight excluding hydrogens is 138 g/mol. The molecule has 60 valence electrons. The highest BCUT2D eigenvalue weighted by molar-refractivity contribution is 5.85. The van der Waals surface area contributed by atoms with E-state index in [1.807, 2.05) is 6.92 Å². The van der Waals surface area contributed by atoms with E-state index in [1.165, 1.54) is 12.8 Å². The van der Waals surface area contributed by atoms with Gasteiger partial charge in [-0.25, -0.2) is 9.98 Å². The van der Waals surface area contributed by atoms with E-state index in [-0.39, 0.29) is 0 Å². The third-order valence-electron chi connectivity index (χ3n) is 1.33. The topological polar surface area (TPSA) is 36.8 Å². The van der Waals surface area contributed by atoms with Gasteiger partial charge >= 0.3 is 0 Å². The highest BCUT2D eigenvalue weighted by Crippen LogP contribution is 2.23. The number of guanidine groups is 1. The molecule has 0 aliphatic heterocycles. The summed E-state index contributed by atoms with van der Waals surface area (Å²) in [5.41, 5.74) is 0.844. The molecule has 3 heteroatoms. The summed E-state index contributed by atoms with van der Waals surface area (Å²) in [4.78, 5) is 8.00. The summed E-state index contributed by atoms with van der Waals surface area (Å²) < 4.78 is 0. The molecule has 1 saturated carbocycles. The first kappa shape index (κ1) is 7.98. The molecule has 1 aliphatic carbocycles. The number of hydrogen-bond donors (Lipinski definition) is 1. The van der Waals surface area contributed by atoms with Gasteiger partial charge in [0.2, 0.25) is 5.96 Å². The fraction of sp³-hybridized carbons (Fsp3) is 0.500. The molecule has 11 heavy (non-hydrogen) atoms. The van der Waals surface area contributed by atoms with Crippen LogP contribution in [0.2, 0.25) is 0 Å². The summed E-state index contributed by atoms with van der Waals surface area (Å²) in [6, 6.07) is 0.474. The lowest BCUT2D eigenvalue weighted by Crippen LogP contribution is -2.18. The molecule has 0 spiro atoms. The van der Waals surface area contributed by atoms with Crippen LogP contribution in [0.25, 0.3) is 0 Å². The van der Waals surface area contributed by atoms with Crippen LogP contribution in [-0.4, -0.2) is 18.7 Å². The van der Waals surface area contributed by atoms with E-state index in [1.54, 1.807) is 0 Å². The maximum absolute atomic E-state index is 4.26. The molecule has 1 fully saturated rings. The molecule has 0 aromatic rings. The van der Waals surface area contributed by atoms with Crippen LogP contribution in [0.3, 0.4) is 0 Å². The van der Waals surface area contributed by atoms with Gasteiger partial charge in [-0.15, -0.1) is 0 Å². The zero-order valence-electron chi connectivity index (χ0n) is 6.80. The Morgan fingerprint density at radius 2 is 2.18 bits per heavy atom. The maximum Gasteiger partial charge on any atom is 0.221 e. The number of rotatable bonds is 2. The average molecular weight is 151 g/mol. The second kappa shape index (κ2) is 3.32. The van der Waals surface area contributed by atoms with Crippen LogP contribution in [0.4, 0.5) is 0 Å². The standard InChI is InChI=1S/C8H13N3/c1-6(2)10-8(9-3)11-7-4-5-7/h7H,1,3-5H2,2H3,(H,10,11). The Bertz CT molecular complexity index is 201. The molecule has 1 aliphatic rings. The maximum atomic E-state index is 4.26. The van der Waals surface area contributed by atoms with Crippen molar-refractivity contribution in [3.63, 3.8) is 0 Å². The molecule has 0 aromatic carbocycles. The zero-order chi connectivity index (χ0) is 8.27. The predicted molar refractivity (Wildman–Crippen MR) is 48.0 cm³/mol. The Kier molecular flexibility index (Phi) is 2.41. The molecule has 0 unspecified atom stereocenters. The minimum Gasteiger partial charge on any atom is -0.329 e. The van der Waals surface area contributed by atoms with Crippen LogP contribution < -0.4 is 5.32 Å². The fourth-order valence-electron chi connectivity index (χ4n) is 0.680. The quantitative estimate of drug-likeness (QED) is 0.469. The van der Waals surface area contributed by atoms with E-state index in [0.29, 0.717) is 12.0 Å². The first-order valence-corrected chi connectivity index (χ1v) is 3.69. The lowest BCUT2D eigenvalue weighted by Gasteiger charge is -2.02. The van der Waals surface area contributed by atoms with Crippen molar-refractivity contribution in [2.45, 2.75) is 25.8 Å². The van der Waals surface area contributed by atoms with Crippen molar-refractivity contribution in [2.24, 2.45) is 9.98 Å². The summed E-state index contributed by atoms with van der Waals surface area (Å²) in [6.45, 7) is 8.97. The summed E-state index contributed by atoms with van der Waals surface area (Å²) >= 11 is 0. The number of allylic oxidation sites excluding steroid dienone is 1. The number of aliphatic imine (C=N–C) groups is 2. The second-order valence-electron chi connectivity index (χ2n) is 2.75. The van der Waals surface area contributed by atoms with E-state index in [4.69, 9.17) is 0 Å². The molecule has 3 nitrogen and oxygen atoms in total. The van der Waals surface area contributed by atoms with Crippen LogP contribution >= 0.6 is 0 Å². The van der Waals surface area contributed by atoms with Crippen molar-refractivity contribution < 1.29 is 0 Å². The van der Waals surface area contributed by atoms with Gasteiger partial charge < -0.3 is 5.32 Å². The number of nitrogens with zero attached hydrogens (tertiary/aromatic N) is 2. The van der Waals surface area contributed by atoms with Gasteiger partial charge in [0.05, 0.1) is 6.04 Å². The Balaban J connectivity index is 2.46. The van der Waals surface area contributed by atoms with E-state index in [9.17, 15) is 0 Å². The molecule has 0 aromatic heterocycles. The SMILES string of the molecule is C=NC(=NC1CC1)NC(=C)C. The van der Waals surface area contributed by atoms with Gasteiger partial charge in [-0.3, -0.25) is 0 Å². The minimum atomic E-state index is 0.474. The molecule has 0 radical (unpaired) electrons. The van der Waals surface area contributed by atoms with Crippen LogP contribution in [0.15, 0.2) is 22.3 Å². The molecule has 0 amide bonds. The van der Waals surface area contributed by atoms with E-state index < -0.39 is 0 Å². The van der Waals surface area contributed by atoms with Crippen LogP contribution in [0.1, 0.15) is 19.8 Å². The lowest BCUT2D eigenvalue weighted by molar-refractivity contribution is 1.01. The van der Waals surface area contributed by atoms with Crippen molar-refractivity contribution in [3.05, 3.63) is 12.3 Å². The predicted octanol–water partition coefficient (Wildman–Crippen LogP) is 1.33. The van der Waals surface area contributed by atoms with Crippen LogP contribution in [0.5, 0.6) is 0 Å². The van der Waals surface area contributed by atoms with Gasteiger partial charge in [0, 0.05) is 5.70 Å². The summed E-state index contributed by atoms with van der Waals surface area (Å²) in [5, 5.41) is 2.93. The van der Waals surface area contributed by atoms with Gasteiger partial charge in [-0.1, -0.05) is 6.58 Å². The molecule has 0 bridgehead atoms. The third-order valence-corrected chi connectivity index (χ3v) is 1.33. The van der Waals surface area contributed by atoms with Crippen molar-refractivity contribution in [1.29, 1.82) is 0 Å². The van der Waals surface area contributed by atoms with Gasteiger partial charge in [-0.2, -0.15) is 0 Å². The monoisotopic (exact) mass is 151 g/mol. The molecule has 0 heterocycles. The van der Waals surface area contributed by atoms with Crippen molar-refractivity contribution in [3.8, 4) is 0 Å². The minimum absolute atomic E-state index is 0.474. The van der Waals surface area contributed by atoms with Gasteiger partial charge in [0.15, 0.2) is 0 Å². The molecule has 0 saturated heterocycles. The molecular formula is C8H13N3. The molecule has 1 N–H and O–H groups in total. The fourth-order valence-corrected chi connectivity index (χ4v) is 0.680. The highest BCUT2D eigenvalue weighted by atomic mass is 15.1. The van der Waals surface area contributed by atoms with Gasteiger partial charge in [-0.05, 0) is 26.5 Å². The van der Waals surface area contributed by atoms with Crippen molar-refractivity contribution in [1.82, 2.24) is 5.32 Å². The van der Waals surface area contributed by atoms with Crippen molar-refractivity contribution in [2.75, 3.05) is 0 Å². The van der Waals surface area contributed by atoms with E-state index in [2.05, 4.69) is 28.6 Å². The highest BCUT2D eigenvalue weighted by Gasteiger charge is 2.20. The first-order valence-electron chi connectivity index (χ1n) is 3.69. The van der Waals surface area contributed by atoms with E-state index in [0.717, 1.165) is 5.70 Å². The van der Waals surface area contributed by atoms with Crippen molar-refractivity contribution >= 4 is 12.7 Å². The summed E-state index contributed by atoms with van der Waals surface area (Å²) in [5.74, 6) is 0.597. The van der Waals surface area contributed by atoms with Crippen LogP contribution in [-0.2, 0) is 0 Å². The van der Waals surface area contributed by atoms with E-state index >= 15 is 0 Å². The van der Waals surface area contributed by atoms with Gasteiger partial charge in [0.25, 0.3) is 0 Å². The summed E-state index contributed by atoms with van der Waals surface area (Å²) in [7, 11) is 0. The Labute approximate surface area is 66.9 Å². The Morgan fingerprint density at radius 1 is 1.55 bits per heavy atom. The largest absolute Gasteiger partial charge is 0.329 e. The average Bonchev–Trinajstić information content (AvgIpc) is 2.69. The summed E-state index contributed by atoms with van der Waals surface area (Å²) in [6.07, 6.45) is 2.35. The molecule has 1 rings (SSSR count). The number of nitrogens with one attached hydrogen (secondary N) is 1. The number of hydrogen-bond acceptors (Lipinski definition) is 1. The first-order chi connectivity index (χ1) is 5.22. The third kappa shape index (κ3) is 2.98. The van der Waals surface area contributed by atoms with Gasteiger partial charge in [0.1, 0.15) is 0 Å².